The number of nitrogens with one attached hydrogen (secondary N) is 1. The number of rotatable bonds is 5. The molecular formula is C19H22N2O4. The molecule has 2 atom stereocenters. The van der Waals surface area contributed by atoms with Gasteiger partial charge >= 0.3 is 5.97 Å². The summed E-state index contributed by atoms with van der Waals surface area (Å²) in [6.07, 6.45) is 7.09. The third-order valence-corrected chi connectivity index (χ3v) is 4.48. The molecule has 1 aliphatic carbocycles. The van der Waals surface area contributed by atoms with Crippen LogP contribution in [-0.2, 0) is 14.3 Å². The lowest BCUT2D eigenvalue weighted by atomic mass is 9.86. The zero-order valence-electron chi connectivity index (χ0n) is 14.2. The molecule has 0 aliphatic heterocycles. The first kappa shape index (κ1) is 17.2. The molecule has 2 aromatic rings. The molecule has 3 rings (SSSR count). The van der Waals surface area contributed by atoms with Crippen molar-refractivity contribution in [3.8, 4) is 0 Å². The molecule has 1 fully saturated rings. The van der Waals surface area contributed by atoms with E-state index in [1.807, 2.05) is 18.2 Å². The Morgan fingerprint density at radius 2 is 2.12 bits per heavy atom. The summed E-state index contributed by atoms with van der Waals surface area (Å²) in [5.74, 6) is -0.0810. The molecule has 1 saturated carbocycles. The van der Waals surface area contributed by atoms with Gasteiger partial charge in [0.2, 0.25) is 5.89 Å². The Kier molecular flexibility index (Phi) is 5.48. The average Bonchev–Trinajstić information content (AvgIpc) is 3.03. The Hall–Kier alpha value is -2.63. The van der Waals surface area contributed by atoms with Gasteiger partial charge in [-0.05, 0) is 30.9 Å². The maximum Gasteiger partial charge on any atom is 0.331 e. The lowest BCUT2D eigenvalue weighted by Crippen LogP contribution is -2.42. The van der Waals surface area contributed by atoms with E-state index in [1.165, 1.54) is 18.6 Å². The Morgan fingerprint density at radius 1 is 1.32 bits per heavy atom. The number of esters is 1. The highest BCUT2D eigenvalue weighted by Crippen LogP contribution is 2.23. The summed E-state index contributed by atoms with van der Waals surface area (Å²) in [5.41, 5.74) is 1.37. The van der Waals surface area contributed by atoms with Crippen molar-refractivity contribution in [2.24, 2.45) is 5.92 Å². The number of hydrogen-bond donors (Lipinski definition) is 1. The minimum atomic E-state index is -0.603. The number of carbonyl (C=O) groups is 2. The number of hydrogen-bond acceptors (Lipinski definition) is 5. The highest BCUT2D eigenvalue weighted by Gasteiger charge is 2.22. The number of fused-ring (bicyclic) bond motifs is 1. The number of ether oxygens (including phenoxy) is 1. The van der Waals surface area contributed by atoms with Gasteiger partial charge in [0.15, 0.2) is 12.2 Å². The van der Waals surface area contributed by atoms with Crippen LogP contribution in [0.4, 0.5) is 0 Å². The van der Waals surface area contributed by atoms with Gasteiger partial charge in [0, 0.05) is 18.2 Å². The van der Waals surface area contributed by atoms with E-state index in [1.54, 1.807) is 6.07 Å². The fourth-order valence-electron chi connectivity index (χ4n) is 3.06. The van der Waals surface area contributed by atoms with Crippen molar-refractivity contribution in [1.82, 2.24) is 10.3 Å². The van der Waals surface area contributed by atoms with Crippen LogP contribution in [0.3, 0.4) is 0 Å². The fraction of sp³-hybridized carbons (Fsp3) is 0.421. The molecule has 0 saturated heterocycles. The normalized spacial score (nSPS) is 20.7. The molecule has 0 unspecified atom stereocenters. The van der Waals surface area contributed by atoms with Crippen molar-refractivity contribution in [3.05, 3.63) is 36.2 Å². The molecule has 0 bridgehead atoms. The van der Waals surface area contributed by atoms with E-state index in [2.05, 4.69) is 17.2 Å². The van der Waals surface area contributed by atoms with E-state index >= 15 is 0 Å². The summed E-state index contributed by atoms with van der Waals surface area (Å²) in [6, 6.07) is 7.51. The van der Waals surface area contributed by atoms with Gasteiger partial charge in [-0.25, -0.2) is 9.78 Å². The second-order valence-corrected chi connectivity index (χ2v) is 6.40. The molecule has 1 aromatic carbocycles. The zero-order chi connectivity index (χ0) is 17.6. The van der Waals surface area contributed by atoms with E-state index in [0.29, 0.717) is 17.4 Å². The molecule has 0 radical (unpaired) electrons. The Morgan fingerprint density at radius 3 is 2.92 bits per heavy atom. The van der Waals surface area contributed by atoms with Crippen molar-refractivity contribution < 1.29 is 18.7 Å². The quantitative estimate of drug-likeness (QED) is 0.667. The molecule has 1 amide bonds. The lowest BCUT2D eigenvalue weighted by molar-refractivity contribution is -0.144. The molecule has 0 spiro atoms. The Labute approximate surface area is 146 Å². The third kappa shape index (κ3) is 4.68. The van der Waals surface area contributed by atoms with Gasteiger partial charge < -0.3 is 14.5 Å². The molecular weight excluding hydrogens is 320 g/mol. The lowest BCUT2D eigenvalue weighted by Gasteiger charge is -2.29. The maximum absolute atomic E-state index is 11.9. The van der Waals surface area contributed by atoms with Crippen molar-refractivity contribution in [1.29, 1.82) is 0 Å². The number of nitrogens with zero attached hydrogens (tertiary/aromatic N) is 1. The number of para-hydroxylation sites is 2. The predicted molar refractivity (Wildman–Crippen MR) is 93.6 cm³/mol. The van der Waals surface area contributed by atoms with Crippen molar-refractivity contribution in [3.63, 3.8) is 0 Å². The van der Waals surface area contributed by atoms with Gasteiger partial charge in [0.05, 0.1) is 0 Å². The van der Waals surface area contributed by atoms with E-state index in [4.69, 9.17) is 9.15 Å². The summed E-state index contributed by atoms with van der Waals surface area (Å²) in [6.45, 7) is 1.86. The van der Waals surface area contributed by atoms with Crippen LogP contribution < -0.4 is 5.32 Å². The minimum Gasteiger partial charge on any atom is -0.452 e. The molecule has 1 heterocycles. The topological polar surface area (TPSA) is 81.4 Å². The van der Waals surface area contributed by atoms with Crippen LogP contribution >= 0.6 is 0 Å². The first-order valence-electron chi connectivity index (χ1n) is 8.61. The van der Waals surface area contributed by atoms with Gasteiger partial charge in [-0.2, -0.15) is 0 Å². The summed E-state index contributed by atoms with van der Waals surface area (Å²) in [4.78, 5) is 27.9. The molecule has 1 aliphatic rings. The van der Waals surface area contributed by atoms with Crippen LogP contribution in [-0.4, -0.2) is 29.5 Å². The maximum atomic E-state index is 11.9. The summed E-state index contributed by atoms with van der Waals surface area (Å²) < 4.78 is 10.4. The Balaban J connectivity index is 1.46. The van der Waals surface area contributed by atoms with Gasteiger partial charge in [-0.3, -0.25) is 4.79 Å². The first-order valence-corrected chi connectivity index (χ1v) is 8.61. The van der Waals surface area contributed by atoms with Crippen LogP contribution in [0.1, 0.15) is 38.5 Å². The predicted octanol–water partition coefficient (Wildman–Crippen LogP) is 3.08. The highest BCUT2D eigenvalue weighted by molar-refractivity contribution is 5.89. The summed E-state index contributed by atoms with van der Waals surface area (Å²) in [7, 11) is 0. The monoisotopic (exact) mass is 342 g/mol. The molecule has 132 valence electrons. The van der Waals surface area contributed by atoms with E-state index in [9.17, 15) is 9.59 Å². The smallest absolute Gasteiger partial charge is 0.331 e. The van der Waals surface area contributed by atoms with Gasteiger partial charge in [0.1, 0.15) is 5.52 Å². The number of aromatic nitrogens is 1. The largest absolute Gasteiger partial charge is 0.452 e. The second kappa shape index (κ2) is 7.96. The van der Waals surface area contributed by atoms with Crippen LogP contribution in [0.15, 0.2) is 34.8 Å². The third-order valence-electron chi connectivity index (χ3n) is 4.48. The zero-order valence-corrected chi connectivity index (χ0v) is 14.2. The van der Waals surface area contributed by atoms with E-state index in [0.717, 1.165) is 24.8 Å². The molecule has 1 N–H and O–H groups in total. The Bertz CT molecular complexity index is 748. The van der Waals surface area contributed by atoms with Crippen LogP contribution in [0.25, 0.3) is 17.2 Å². The second-order valence-electron chi connectivity index (χ2n) is 6.40. The standard InChI is InChI=1S/C19H22N2O4/c1-13-6-2-3-7-14(13)20-17(22)12-24-19(23)11-10-18-21-15-8-4-5-9-16(15)25-18/h4-5,8-11,13-14H,2-3,6-7,12H2,1H3,(H,20,22)/b11-10+/t13-,14-/m1/s1. The van der Waals surface area contributed by atoms with Crippen molar-refractivity contribution >= 4 is 29.1 Å². The van der Waals surface area contributed by atoms with Crippen molar-refractivity contribution in [2.45, 2.75) is 38.6 Å². The minimum absolute atomic E-state index is 0.176. The van der Waals surface area contributed by atoms with Crippen molar-refractivity contribution in [2.75, 3.05) is 6.61 Å². The highest BCUT2D eigenvalue weighted by atomic mass is 16.5. The number of carbonyl (C=O) groups excluding carboxylic acids is 2. The van der Waals surface area contributed by atoms with E-state index < -0.39 is 5.97 Å². The van der Waals surface area contributed by atoms with Gasteiger partial charge in [-0.15, -0.1) is 0 Å². The molecule has 1 aromatic heterocycles. The average molecular weight is 342 g/mol. The van der Waals surface area contributed by atoms with E-state index in [-0.39, 0.29) is 18.6 Å². The van der Waals surface area contributed by atoms with Gasteiger partial charge in [0.25, 0.3) is 5.91 Å². The molecule has 25 heavy (non-hydrogen) atoms. The van der Waals surface area contributed by atoms with Crippen LogP contribution in [0.5, 0.6) is 0 Å². The SMILES string of the molecule is C[C@@H]1CCCC[C@H]1NC(=O)COC(=O)/C=C/c1nc2ccccc2o1. The molecule has 6 heteroatoms. The summed E-state index contributed by atoms with van der Waals surface area (Å²) >= 11 is 0. The first-order chi connectivity index (χ1) is 12.1. The van der Waals surface area contributed by atoms with Gasteiger partial charge in [-0.1, -0.05) is 31.9 Å². The van der Waals surface area contributed by atoms with Crippen LogP contribution in [0, 0.1) is 5.92 Å². The summed E-state index contributed by atoms with van der Waals surface area (Å²) in [5, 5.41) is 2.94. The number of oxazole rings is 1. The fourth-order valence-corrected chi connectivity index (χ4v) is 3.06. The van der Waals surface area contributed by atoms with Crippen LogP contribution in [0.2, 0.25) is 0 Å². The number of amides is 1. The molecule has 6 nitrogen and oxygen atoms in total. The number of benzene rings is 1.